The quantitative estimate of drug-likeness (QED) is 0.391. The minimum Gasteiger partial charge on any atom is -0.465 e. The Bertz CT molecular complexity index is 334. The normalized spacial score (nSPS) is 10.5. The van der Waals surface area contributed by atoms with Crippen molar-refractivity contribution in [1.29, 1.82) is 0 Å². The highest BCUT2D eigenvalue weighted by Crippen LogP contribution is 2.15. The second-order valence-corrected chi connectivity index (χ2v) is 3.44. The fourth-order valence-electron chi connectivity index (χ4n) is 1.20. The predicted octanol–water partition coefficient (Wildman–Crippen LogP) is 1.08. The third kappa shape index (κ3) is 7.86. The maximum Gasteiger partial charge on any atom is 0.333 e. The van der Waals surface area contributed by atoms with E-state index >= 15 is 0 Å². The maximum absolute atomic E-state index is 11.5. The van der Waals surface area contributed by atoms with Gasteiger partial charge in [-0.1, -0.05) is 6.58 Å². The molecule has 0 aromatic carbocycles. The summed E-state index contributed by atoms with van der Waals surface area (Å²) in [6, 6.07) is 0. The van der Waals surface area contributed by atoms with Crippen LogP contribution in [0.25, 0.3) is 0 Å². The van der Waals surface area contributed by atoms with Gasteiger partial charge in [-0.2, -0.15) is 0 Å². The summed E-state index contributed by atoms with van der Waals surface area (Å²) in [4.78, 5) is 42.0. The Balaban J connectivity index is 0. The van der Waals surface area contributed by atoms with Crippen molar-refractivity contribution in [3.8, 4) is 0 Å². The predicted molar refractivity (Wildman–Crippen MR) is 68.3 cm³/mol. The van der Waals surface area contributed by atoms with E-state index < -0.39 is 17.9 Å². The molecule has 0 radical (unpaired) electrons. The standard InChI is InChI=1S/C12H18O5.CH2O/c1-5-16-11(14)8(3)7-10(9(4)13)12(15)17-6-2;1-2/h10H,3,5-7H2,1-2,4H3;1H2. The molecule has 0 fully saturated rings. The molecule has 19 heavy (non-hydrogen) atoms. The Kier molecular flexibility index (Phi) is 11.3. The minimum atomic E-state index is -0.980. The van der Waals surface area contributed by atoms with Crippen LogP contribution in [0.2, 0.25) is 0 Å². The summed E-state index contributed by atoms with van der Waals surface area (Å²) in [6.45, 7) is 10.5. The Morgan fingerprint density at radius 2 is 1.53 bits per heavy atom. The monoisotopic (exact) mass is 272 g/mol. The lowest BCUT2D eigenvalue weighted by Crippen LogP contribution is -2.26. The molecular weight excluding hydrogens is 252 g/mol. The number of ketones is 1. The van der Waals surface area contributed by atoms with Gasteiger partial charge in [0.05, 0.1) is 13.2 Å². The third-order valence-electron chi connectivity index (χ3n) is 2.08. The van der Waals surface area contributed by atoms with Gasteiger partial charge in [-0.3, -0.25) is 9.59 Å². The SMILES string of the molecule is C=C(CC(C(C)=O)C(=O)OCC)C(=O)OCC.C=O. The van der Waals surface area contributed by atoms with E-state index in [1.807, 2.05) is 6.79 Å². The average molecular weight is 272 g/mol. The molecule has 0 N–H and O–H groups in total. The number of carbonyl (C=O) groups is 4. The van der Waals surface area contributed by atoms with Crippen molar-refractivity contribution in [2.75, 3.05) is 13.2 Å². The summed E-state index contributed by atoms with van der Waals surface area (Å²) in [6.07, 6.45) is -0.0625. The molecule has 0 amide bonds. The zero-order valence-corrected chi connectivity index (χ0v) is 11.6. The summed E-state index contributed by atoms with van der Waals surface area (Å²) >= 11 is 0. The average Bonchev–Trinajstić information content (AvgIpc) is 2.38. The van der Waals surface area contributed by atoms with Crippen molar-refractivity contribution in [2.24, 2.45) is 5.92 Å². The van der Waals surface area contributed by atoms with Gasteiger partial charge in [0.2, 0.25) is 0 Å². The maximum atomic E-state index is 11.5. The molecule has 108 valence electrons. The van der Waals surface area contributed by atoms with Crippen LogP contribution in [-0.2, 0) is 28.7 Å². The molecule has 0 saturated carbocycles. The first-order valence-electron chi connectivity index (χ1n) is 5.74. The van der Waals surface area contributed by atoms with Crippen LogP contribution < -0.4 is 0 Å². The van der Waals surface area contributed by atoms with E-state index in [1.54, 1.807) is 13.8 Å². The number of hydrogen-bond acceptors (Lipinski definition) is 6. The Hall–Kier alpha value is -1.98. The molecule has 0 heterocycles. The van der Waals surface area contributed by atoms with Gasteiger partial charge >= 0.3 is 11.9 Å². The molecule has 1 atom stereocenters. The third-order valence-corrected chi connectivity index (χ3v) is 2.08. The molecule has 0 bridgehead atoms. The Labute approximate surface area is 112 Å². The molecule has 0 aromatic rings. The van der Waals surface area contributed by atoms with Crippen molar-refractivity contribution in [3.05, 3.63) is 12.2 Å². The molecule has 0 aliphatic heterocycles. The summed E-state index contributed by atoms with van der Waals surface area (Å²) in [7, 11) is 0. The van der Waals surface area contributed by atoms with Crippen LogP contribution in [0.3, 0.4) is 0 Å². The van der Waals surface area contributed by atoms with E-state index in [-0.39, 0.29) is 31.0 Å². The van der Waals surface area contributed by atoms with Crippen LogP contribution in [0.5, 0.6) is 0 Å². The molecule has 0 spiro atoms. The highest BCUT2D eigenvalue weighted by molar-refractivity contribution is 5.99. The van der Waals surface area contributed by atoms with Gasteiger partial charge < -0.3 is 14.3 Å². The first-order valence-corrected chi connectivity index (χ1v) is 5.74. The fourth-order valence-corrected chi connectivity index (χ4v) is 1.20. The number of hydrogen-bond donors (Lipinski definition) is 0. The van der Waals surface area contributed by atoms with Crippen molar-refractivity contribution < 1.29 is 28.7 Å². The lowest BCUT2D eigenvalue weighted by molar-refractivity contribution is -0.151. The topological polar surface area (TPSA) is 86.7 Å². The summed E-state index contributed by atoms with van der Waals surface area (Å²) in [5, 5.41) is 0. The number of Topliss-reactive ketones (excluding diaryl/α,β-unsaturated/α-hetero) is 1. The van der Waals surface area contributed by atoms with Gasteiger partial charge in [-0.05, 0) is 27.2 Å². The highest BCUT2D eigenvalue weighted by Gasteiger charge is 2.27. The van der Waals surface area contributed by atoms with Crippen molar-refractivity contribution >= 4 is 24.5 Å². The van der Waals surface area contributed by atoms with Crippen LogP contribution in [0, 0.1) is 5.92 Å². The first kappa shape index (κ1) is 19.4. The molecule has 0 aromatic heterocycles. The first-order chi connectivity index (χ1) is 8.93. The van der Waals surface area contributed by atoms with Crippen LogP contribution in [0.4, 0.5) is 0 Å². The van der Waals surface area contributed by atoms with Gasteiger partial charge in [0.25, 0.3) is 0 Å². The Morgan fingerprint density at radius 1 is 1.05 bits per heavy atom. The van der Waals surface area contributed by atoms with E-state index in [1.165, 1.54) is 6.92 Å². The van der Waals surface area contributed by atoms with E-state index in [2.05, 4.69) is 6.58 Å². The van der Waals surface area contributed by atoms with Gasteiger partial charge in [0.15, 0.2) is 0 Å². The zero-order valence-electron chi connectivity index (χ0n) is 11.6. The zero-order chi connectivity index (χ0) is 15.4. The lowest BCUT2D eigenvalue weighted by Gasteiger charge is -2.13. The van der Waals surface area contributed by atoms with Gasteiger partial charge in [0.1, 0.15) is 18.5 Å². The second-order valence-electron chi connectivity index (χ2n) is 3.44. The van der Waals surface area contributed by atoms with Gasteiger partial charge in [-0.15, -0.1) is 0 Å². The summed E-state index contributed by atoms with van der Waals surface area (Å²) < 4.78 is 9.48. The molecule has 6 heteroatoms. The molecule has 1 unspecified atom stereocenters. The Morgan fingerprint density at radius 3 is 1.89 bits per heavy atom. The summed E-state index contributed by atoms with van der Waals surface area (Å²) in [5.41, 5.74) is 0.0973. The molecule has 0 aliphatic carbocycles. The highest BCUT2D eigenvalue weighted by atomic mass is 16.5. The minimum absolute atomic E-state index is 0.0625. The molecule has 0 saturated heterocycles. The van der Waals surface area contributed by atoms with Gasteiger partial charge in [-0.25, -0.2) is 4.79 Å². The molecule has 0 rings (SSSR count). The van der Waals surface area contributed by atoms with Crippen LogP contribution in [0.15, 0.2) is 12.2 Å². The smallest absolute Gasteiger partial charge is 0.333 e. The largest absolute Gasteiger partial charge is 0.465 e. The van der Waals surface area contributed by atoms with Crippen molar-refractivity contribution in [1.82, 2.24) is 0 Å². The van der Waals surface area contributed by atoms with Gasteiger partial charge in [0, 0.05) is 5.57 Å². The van der Waals surface area contributed by atoms with E-state index in [0.717, 1.165) is 0 Å². The van der Waals surface area contributed by atoms with Crippen LogP contribution in [-0.4, -0.2) is 37.7 Å². The van der Waals surface area contributed by atoms with Crippen LogP contribution in [0.1, 0.15) is 27.2 Å². The molecule has 6 nitrogen and oxygen atoms in total. The molecular formula is C13H20O6. The lowest BCUT2D eigenvalue weighted by atomic mass is 9.97. The number of esters is 2. The number of carbonyl (C=O) groups excluding carboxylic acids is 4. The fraction of sp³-hybridized carbons (Fsp3) is 0.538. The number of rotatable bonds is 7. The number of ether oxygens (including phenoxy) is 2. The summed E-state index contributed by atoms with van der Waals surface area (Å²) in [5.74, 6) is -2.56. The van der Waals surface area contributed by atoms with E-state index in [4.69, 9.17) is 14.3 Å². The molecule has 0 aliphatic rings. The van der Waals surface area contributed by atoms with Crippen molar-refractivity contribution in [2.45, 2.75) is 27.2 Å². The van der Waals surface area contributed by atoms with Crippen molar-refractivity contribution in [3.63, 3.8) is 0 Å². The second kappa shape index (κ2) is 11.1. The van der Waals surface area contributed by atoms with E-state index in [9.17, 15) is 14.4 Å². The van der Waals surface area contributed by atoms with E-state index in [0.29, 0.717) is 0 Å². The van der Waals surface area contributed by atoms with Crippen LogP contribution >= 0.6 is 0 Å².